The summed E-state index contributed by atoms with van der Waals surface area (Å²) in [5, 5.41) is 7.40. The van der Waals surface area contributed by atoms with Crippen molar-refractivity contribution in [1.82, 2.24) is 20.4 Å². The molecule has 1 amide bonds. The van der Waals surface area contributed by atoms with Gasteiger partial charge in [0.1, 0.15) is 5.75 Å². The summed E-state index contributed by atoms with van der Waals surface area (Å²) < 4.78 is 10.8. The number of methoxy groups -OCH3 is 1. The van der Waals surface area contributed by atoms with E-state index in [-0.39, 0.29) is 29.8 Å². The van der Waals surface area contributed by atoms with Gasteiger partial charge in [-0.3, -0.25) is 4.79 Å². The molecule has 0 spiro atoms. The zero-order valence-corrected chi connectivity index (χ0v) is 17.7. The molecular weight excluding hydrogens is 380 g/mol. The van der Waals surface area contributed by atoms with Crippen LogP contribution in [0.25, 0.3) is 0 Å². The largest absolute Gasteiger partial charge is 0.496 e. The second kappa shape index (κ2) is 9.39. The van der Waals surface area contributed by atoms with Crippen molar-refractivity contribution in [2.45, 2.75) is 45.1 Å². The lowest BCUT2D eigenvalue weighted by atomic mass is 9.96. The van der Waals surface area contributed by atoms with Crippen LogP contribution >= 0.6 is 12.4 Å². The number of nitrogens with one attached hydrogen (secondary N) is 1. The van der Waals surface area contributed by atoms with Crippen molar-refractivity contribution in [3.05, 3.63) is 41.5 Å². The summed E-state index contributed by atoms with van der Waals surface area (Å²) in [5.74, 6) is 2.06. The molecule has 0 bridgehead atoms. The first-order valence-electron chi connectivity index (χ1n) is 9.36. The number of amides is 1. The monoisotopic (exact) mass is 408 g/mol. The average Bonchev–Trinajstić information content (AvgIpc) is 3.15. The van der Waals surface area contributed by atoms with Gasteiger partial charge in [-0.05, 0) is 6.07 Å². The quantitative estimate of drug-likeness (QED) is 0.819. The average molecular weight is 409 g/mol. The van der Waals surface area contributed by atoms with Gasteiger partial charge in [-0.15, -0.1) is 12.4 Å². The summed E-state index contributed by atoms with van der Waals surface area (Å²) >= 11 is 0. The highest BCUT2D eigenvalue weighted by Gasteiger charge is 2.30. The molecule has 3 rings (SSSR count). The molecule has 0 saturated carbocycles. The van der Waals surface area contributed by atoms with Crippen molar-refractivity contribution in [2.75, 3.05) is 26.7 Å². The Morgan fingerprint density at radius 3 is 2.79 bits per heavy atom. The van der Waals surface area contributed by atoms with Crippen molar-refractivity contribution in [3.8, 4) is 5.75 Å². The highest BCUT2D eigenvalue weighted by molar-refractivity contribution is 5.85. The first-order valence-corrected chi connectivity index (χ1v) is 9.36. The third kappa shape index (κ3) is 5.02. The van der Waals surface area contributed by atoms with Crippen LogP contribution in [0, 0.1) is 0 Å². The van der Waals surface area contributed by atoms with E-state index in [0.29, 0.717) is 37.6 Å². The molecule has 1 aliphatic heterocycles. The predicted molar refractivity (Wildman–Crippen MR) is 109 cm³/mol. The van der Waals surface area contributed by atoms with Crippen molar-refractivity contribution in [2.24, 2.45) is 0 Å². The number of aryl methyl sites for hydroxylation is 1. The topological polar surface area (TPSA) is 80.5 Å². The van der Waals surface area contributed by atoms with Crippen LogP contribution in [0.4, 0.5) is 0 Å². The van der Waals surface area contributed by atoms with E-state index in [4.69, 9.17) is 9.26 Å². The molecule has 1 aliphatic rings. The number of carbonyl (C=O) groups excluding carboxylic acids is 1. The normalized spacial score (nSPS) is 17.1. The molecular formula is C20H29ClN4O3. The standard InChI is InChI=1S/C20H28N4O3.ClH/c1-20(2,3)19-22-17(27-23-19)9-10-18(25)24-12-11-21-13-15(24)14-7-5-6-8-16(14)26-4;/h5-8,15,21H,9-13H2,1-4H3;1H. The summed E-state index contributed by atoms with van der Waals surface area (Å²) in [6.45, 7) is 8.26. The Kier molecular flexibility index (Phi) is 7.43. The number of hydrogen-bond acceptors (Lipinski definition) is 6. The molecule has 1 atom stereocenters. The van der Waals surface area contributed by atoms with Crippen LogP contribution in [0.3, 0.4) is 0 Å². The first-order chi connectivity index (χ1) is 12.9. The van der Waals surface area contributed by atoms with Crippen LogP contribution in [0.15, 0.2) is 28.8 Å². The Morgan fingerprint density at radius 2 is 2.11 bits per heavy atom. The molecule has 1 aromatic heterocycles. The second-order valence-corrected chi connectivity index (χ2v) is 7.81. The summed E-state index contributed by atoms with van der Waals surface area (Å²) in [6, 6.07) is 7.81. The Morgan fingerprint density at radius 1 is 1.36 bits per heavy atom. The lowest BCUT2D eigenvalue weighted by Crippen LogP contribution is -2.48. The fourth-order valence-electron chi connectivity index (χ4n) is 3.24. The molecule has 1 N–H and O–H groups in total. The van der Waals surface area contributed by atoms with Crippen molar-refractivity contribution >= 4 is 18.3 Å². The number of piperazine rings is 1. The van der Waals surface area contributed by atoms with Gasteiger partial charge in [-0.25, -0.2) is 0 Å². The summed E-state index contributed by atoms with van der Waals surface area (Å²) in [4.78, 5) is 19.3. The third-order valence-corrected chi connectivity index (χ3v) is 4.75. The first kappa shape index (κ1) is 22.2. The number of para-hydroxylation sites is 1. The van der Waals surface area contributed by atoms with Gasteiger partial charge in [0.15, 0.2) is 5.82 Å². The molecule has 8 heteroatoms. The molecule has 1 saturated heterocycles. The van der Waals surface area contributed by atoms with E-state index in [9.17, 15) is 4.79 Å². The lowest BCUT2D eigenvalue weighted by molar-refractivity contribution is -0.134. The molecule has 1 unspecified atom stereocenters. The van der Waals surface area contributed by atoms with E-state index in [2.05, 4.69) is 15.5 Å². The molecule has 0 radical (unpaired) electrons. The Hall–Kier alpha value is -2.12. The SMILES string of the molecule is COc1ccccc1C1CNCCN1C(=O)CCc1nc(C(C)(C)C)no1.Cl. The van der Waals surface area contributed by atoms with E-state index < -0.39 is 0 Å². The Labute approximate surface area is 172 Å². The maximum Gasteiger partial charge on any atom is 0.227 e. The fraction of sp³-hybridized carbons (Fsp3) is 0.550. The minimum absolute atomic E-state index is 0. The highest BCUT2D eigenvalue weighted by Crippen LogP contribution is 2.30. The third-order valence-electron chi connectivity index (χ3n) is 4.75. The van der Waals surface area contributed by atoms with Crippen LogP contribution in [-0.4, -0.2) is 47.7 Å². The van der Waals surface area contributed by atoms with Gasteiger partial charge in [-0.1, -0.05) is 44.1 Å². The number of halogens is 1. The lowest BCUT2D eigenvalue weighted by Gasteiger charge is -2.37. The number of aromatic nitrogens is 2. The Balaban J connectivity index is 0.00000280. The number of ether oxygens (including phenoxy) is 1. The van der Waals surface area contributed by atoms with Gasteiger partial charge >= 0.3 is 0 Å². The van der Waals surface area contributed by atoms with Gasteiger partial charge in [-0.2, -0.15) is 4.98 Å². The number of benzene rings is 1. The number of carbonyl (C=O) groups is 1. The summed E-state index contributed by atoms with van der Waals surface area (Å²) in [6.07, 6.45) is 0.794. The van der Waals surface area contributed by atoms with Gasteiger partial charge in [0, 0.05) is 43.5 Å². The molecule has 7 nitrogen and oxygen atoms in total. The van der Waals surface area contributed by atoms with Crippen molar-refractivity contribution in [1.29, 1.82) is 0 Å². The summed E-state index contributed by atoms with van der Waals surface area (Å²) in [5.41, 5.74) is 0.854. The van der Waals surface area contributed by atoms with E-state index in [0.717, 1.165) is 17.9 Å². The maximum absolute atomic E-state index is 12.9. The van der Waals surface area contributed by atoms with Gasteiger partial charge < -0.3 is 19.5 Å². The van der Waals surface area contributed by atoms with E-state index in [1.165, 1.54) is 0 Å². The van der Waals surface area contributed by atoms with Crippen LogP contribution in [-0.2, 0) is 16.6 Å². The molecule has 1 fully saturated rings. The maximum atomic E-state index is 12.9. The van der Waals surface area contributed by atoms with Crippen LogP contribution in [0.2, 0.25) is 0 Å². The smallest absolute Gasteiger partial charge is 0.227 e. The molecule has 28 heavy (non-hydrogen) atoms. The van der Waals surface area contributed by atoms with E-state index in [1.807, 2.05) is 49.9 Å². The minimum Gasteiger partial charge on any atom is -0.496 e. The zero-order valence-electron chi connectivity index (χ0n) is 16.9. The zero-order chi connectivity index (χ0) is 19.4. The van der Waals surface area contributed by atoms with Gasteiger partial charge in [0.05, 0.1) is 13.2 Å². The van der Waals surface area contributed by atoms with Crippen molar-refractivity contribution < 1.29 is 14.1 Å². The Bertz CT molecular complexity index is 788. The molecule has 0 aliphatic carbocycles. The molecule has 154 valence electrons. The fourth-order valence-corrected chi connectivity index (χ4v) is 3.24. The van der Waals surface area contributed by atoms with E-state index in [1.54, 1.807) is 7.11 Å². The van der Waals surface area contributed by atoms with Gasteiger partial charge in [0.2, 0.25) is 11.8 Å². The van der Waals surface area contributed by atoms with Crippen LogP contribution in [0.1, 0.15) is 50.5 Å². The van der Waals surface area contributed by atoms with Crippen LogP contribution in [0.5, 0.6) is 5.75 Å². The predicted octanol–water partition coefficient (Wildman–Crippen LogP) is 2.90. The van der Waals surface area contributed by atoms with E-state index >= 15 is 0 Å². The summed E-state index contributed by atoms with van der Waals surface area (Å²) in [7, 11) is 1.66. The highest BCUT2D eigenvalue weighted by atomic mass is 35.5. The number of hydrogen-bond donors (Lipinski definition) is 1. The number of rotatable bonds is 5. The number of nitrogens with zero attached hydrogens (tertiary/aromatic N) is 3. The van der Waals surface area contributed by atoms with Crippen molar-refractivity contribution in [3.63, 3.8) is 0 Å². The molecule has 1 aromatic carbocycles. The van der Waals surface area contributed by atoms with Crippen LogP contribution < -0.4 is 10.1 Å². The minimum atomic E-state index is -0.167. The molecule has 2 heterocycles. The van der Waals surface area contributed by atoms with Gasteiger partial charge in [0.25, 0.3) is 0 Å². The molecule has 2 aromatic rings. The second-order valence-electron chi connectivity index (χ2n) is 7.81.